The first kappa shape index (κ1) is 20.9. The molecule has 0 aliphatic rings. The Labute approximate surface area is 162 Å². The van der Waals surface area contributed by atoms with Crippen molar-refractivity contribution in [2.24, 2.45) is 0 Å². The van der Waals surface area contributed by atoms with Crippen molar-refractivity contribution in [3.8, 4) is 0 Å². The van der Waals surface area contributed by atoms with E-state index >= 15 is 0 Å². The average Bonchev–Trinajstić information content (AvgIpc) is 2.66. The zero-order valence-electron chi connectivity index (χ0n) is 15.1. The molecule has 0 radical (unpaired) electrons. The van der Waals surface area contributed by atoms with Crippen LogP contribution < -0.4 is 5.32 Å². The number of nitrogens with one attached hydrogen (secondary N) is 1. The zero-order valence-corrected chi connectivity index (χ0v) is 16.8. The fourth-order valence-corrected chi connectivity index (χ4v) is 3.37. The zero-order chi connectivity index (χ0) is 20.0. The summed E-state index contributed by atoms with van der Waals surface area (Å²) in [6.07, 6.45) is 1.95. The van der Waals surface area contributed by atoms with Gasteiger partial charge in [0.2, 0.25) is 10.0 Å². The lowest BCUT2D eigenvalue weighted by molar-refractivity contribution is -0.119. The normalized spacial score (nSPS) is 11.3. The quantitative estimate of drug-likeness (QED) is 0.559. The summed E-state index contributed by atoms with van der Waals surface area (Å²) in [4.78, 5) is 25.0. The molecule has 9 heteroatoms. The molecule has 0 fully saturated rings. The topological polar surface area (TPSA) is 92.8 Å². The monoisotopic (exact) mass is 408 g/mol. The van der Waals surface area contributed by atoms with Gasteiger partial charge in [-0.25, -0.2) is 17.5 Å². The number of thioether (sulfide) groups is 1. The smallest absolute Gasteiger partial charge is 0.338 e. The van der Waals surface area contributed by atoms with E-state index in [4.69, 9.17) is 4.74 Å². The van der Waals surface area contributed by atoms with E-state index in [0.717, 1.165) is 9.20 Å². The molecule has 0 bridgehead atoms. The highest BCUT2D eigenvalue weighted by Crippen LogP contribution is 2.17. The predicted molar refractivity (Wildman–Crippen MR) is 104 cm³/mol. The number of carbonyl (C=O) groups is 2. The Morgan fingerprint density at radius 2 is 1.63 bits per heavy atom. The van der Waals surface area contributed by atoms with Crippen LogP contribution in [0.1, 0.15) is 10.4 Å². The third kappa shape index (κ3) is 5.56. The fraction of sp³-hybridized carbons (Fsp3) is 0.222. The molecule has 0 aliphatic heterocycles. The van der Waals surface area contributed by atoms with Gasteiger partial charge in [-0.1, -0.05) is 0 Å². The highest BCUT2D eigenvalue weighted by atomic mass is 32.2. The van der Waals surface area contributed by atoms with Crippen molar-refractivity contribution in [1.29, 1.82) is 0 Å². The Bertz CT molecular complexity index is 908. The van der Waals surface area contributed by atoms with Crippen molar-refractivity contribution < 1.29 is 22.7 Å². The molecule has 0 aromatic heterocycles. The Hall–Kier alpha value is -2.36. The number of rotatable bonds is 7. The fourth-order valence-electron chi connectivity index (χ4n) is 2.06. The first-order chi connectivity index (χ1) is 12.7. The lowest BCUT2D eigenvalue weighted by atomic mass is 10.2. The lowest BCUT2D eigenvalue weighted by Crippen LogP contribution is -2.22. The minimum Gasteiger partial charge on any atom is -0.452 e. The molecule has 2 aromatic rings. The van der Waals surface area contributed by atoms with Crippen LogP contribution >= 0.6 is 11.8 Å². The molecule has 0 heterocycles. The molecule has 0 atom stereocenters. The number of hydrogen-bond acceptors (Lipinski definition) is 6. The summed E-state index contributed by atoms with van der Waals surface area (Å²) in [5.41, 5.74) is 0.761. The first-order valence-corrected chi connectivity index (χ1v) is 10.5. The molecule has 0 saturated carbocycles. The second-order valence-electron chi connectivity index (χ2n) is 5.66. The van der Waals surface area contributed by atoms with Crippen LogP contribution in [0, 0.1) is 0 Å². The van der Waals surface area contributed by atoms with Gasteiger partial charge in [0, 0.05) is 24.7 Å². The van der Waals surface area contributed by atoms with Gasteiger partial charge in [0.15, 0.2) is 6.61 Å². The highest BCUT2D eigenvalue weighted by Gasteiger charge is 2.18. The first-order valence-electron chi connectivity index (χ1n) is 7.87. The Kier molecular flexibility index (Phi) is 7.00. The summed E-state index contributed by atoms with van der Waals surface area (Å²) in [5.74, 6) is -1.18. The second-order valence-corrected chi connectivity index (χ2v) is 8.70. The maximum Gasteiger partial charge on any atom is 0.338 e. The number of esters is 1. The highest BCUT2D eigenvalue weighted by molar-refractivity contribution is 7.98. The van der Waals surface area contributed by atoms with E-state index in [-0.39, 0.29) is 10.5 Å². The molecule has 7 nitrogen and oxygen atoms in total. The van der Waals surface area contributed by atoms with Gasteiger partial charge in [-0.3, -0.25) is 4.79 Å². The summed E-state index contributed by atoms with van der Waals surface area (Å²) in [7, 11) is -0.726. The van der Waals surface area contributed by atoms with E-state index in [2.05, 4.69) is 5.32 Å². The SMILES string of the molecule is CSc1ccc(NC(=O)COC(=O)c2ccc(S(=O)(=O)N(C)C)cc2)cc1. The molecule has 27 heavy (non-hydrogen) atoms. The van der Waals surface area contributed by atoms with Crippen LogP contribution in [-0.2, 0) is 19.6 Å². The summed E-state index contributed by atoms with van der Waals surface area (Å²) in [6.45, 7) is -0.444. The summed E-state index contributed by atoms with van der Waals surface area (Å²) in [6, 6.07) is 12.6. The molecular weight excluding hydrogens is 388 g/mol. The van der Waals surface area contributed by atoms with Crippen LogP contribution in [-0.4, -0.2) is 51.6 Å². The van der Waals surface area contributed by atoms with Crippen LogP contribution in [0.2, 0.25) is 0 Å². The van der Waals surface area contributed by atoms with E-state index < -0.39 is 28.5 Å². The van der Waals surface area contributed by atoms with Crippen molar-refractivity contribution in [3.63, 3.8) is 0 Å². The van der Waals surface area contributed by atoms with E-state index in [1.165, 1.54) is 38.4 Å². The minimum atomic E-state index is -3.57. The van der Waals surface area contributed by atoms with Crippen LogP contribution in [0.25, 0.3) is 0 Å². The Morgan fingerprint density at radius 3 is 2.15 bits per heavy atom. The molecule has 0 saturated heterocycles. The molecule has 2 aromatic carbocycles. The van der Waals surface area contributed by atoms with Gasteiger partial charge in [0.1, 0.15) is 0 Å². The van der Waals surface area contributed by atoms with Gasteiger partial charge in [-0.2, -0.15) is 0 Å². The van der Waals surface area contributed by atoms with Crippen molar-refractivity contribution in [2.75, 3.05) is 32.3 Å². The standard InChI is InChI=1S/C18H20N2O5S2/c1-20(2)27(23,24)16-10-4-13(5-11-16)18(22)25-12-17(21)19-14-6-8-15(26-3)9-7-14/h4-11H,12H2,1-3H3,(H,19,21). The largest absolute Gasteiger partial charge is 0.452 e. The third-order valence-corrected chi connectivity index (χ3v) is 6.15. The number of ether oxygens (including phenoxy) is 1. The van der Waals surface area contributed by atoms with Crippen LogP contribution in [0.3, 0.4) is 0 Å². The molecule has 0 unspecified atom stereocenters. The van der Waals surface area contributed by atoms with E-state index in [1.807, 2.05) is 18.4 Å². The number of nitrogens with zero attached hydrogens (tertiary/aromatic N) is 1. The maximum absolute atomic E-state index is 12.0. The number of carbonyl (C=O) groups excluding carboxylic acids is 2. The van der Waals surface area contributed by atoms with E-state index in [9.17, 15) is 18.0 Å². The van der Waals surface area contributed by atoms with Crippen molar-refractivity contribution >= 4 is 39.3 Å². The van der Waals surface area contributed by atoms with Crippen molar-refractivity contribution in [1.82, 2.24) is 4.31 Å². The molecule has 1 amide bonds. The number of benzene rings is 2. The molecule has 0 spiro atoms. The van der Waals surface area contributed by atoms with E-state index in [0.29, 0.717) is 5.69 Å². The Morgan fingerprint density at radius 1 is 1.04 bits per heavy atom. The van der Waals surface area contributed by atoms with E-state index in [1.54, 1.807) is 23.9 Å². The van der Waals surface area contributed by atoms with Crippen LogP contribution in [0.5, 0.6) is 0 Å². The number of anilines is 1. The number of sulfonamides is 1. The minimum absolute atomic E-state index is 0.0653. The van der Waals surface area contributed by atoms with Crippen molar-refractivity contribution in [2.45, 2.75) is 9.79 Å². The number of hydrogen-bond donors (Lipinski definition) is 1. The second kappa shape index (κ2) is 9.03. The molecule has 2 rings (SSSR count). The Balaban J connectivity index is 1.92. The predicted octanol–water partition coefficient (Wildman–Crippen LogP) is 2.45. The molecular formula is C18H20N2O5S2. The van der Waals surface area contributed by atoms with Gasteiger partial charge in [0.25, 0.3) is 5.91 Å². The van der Waals surface area contributed by atoms with Gasteiger partial charge in [-0.05, 0) is 54.8 Å². The van der Waals surface area contributed by atoms with Gasteiger partial charge < -0.3 is 10.1 Å². The summed E-state index contributed by atoms with van der Waals surface area (Å²) < 4.78 is 30.0. The number of amides is 1. The average molecular weight is 409 g/mol. The van der Waals surface area contributed by atoms with Crippen LogP contribution in [0.4, 0.5) is 5.69 Å². The lowest BCUT2D eigenvalue weighted by Gasteiger charge is -2.11. The molecule has 144 valence electrons. The molecule has 1 N–H and O–H groups in total. The van der Waals surface area contributed by atoms with Gasteiger partial charge in [0.05, 0.1) is 10.5 Å². The van der Waals surface area contributed by atoms with Crippen molar-refractivity contribution in [3.05, 3.63) is 54.1 Å². The van der Waals surface area contributed by atoms with Gasteiger partial charge in [-0.15, -0.1) is 11.8 Å². The van der Waals surface area contributed by atoms with Gasteiger partial charge >= 0.3 is 5.97 Å². The third-order valence-electron chi connectivity index (χ3n) is 3.58. The van der Waals surface area contributed by atoms with Crippen LogP contribution in [0.15, 0.2) is 58.3 Å². The maximum atomic E-state index is 12.0. The summed E-state index contributed by atoms with van der Waals surface area (Å²) in [5, 5.41) is 2.63. The summed E-state index contributed by atoms with van der Waals surface area (Å²) >= 11 is 1.59. The molecule has 0 aliphatic carbocycles.